The van der Waals surface area contributed by atoms with Crippen LogP contribution < -0.4 is 10.2 Å². The molecule has 8 nitrogen and oxygen atoms in total. The van der Waals surface area contributed by atoms with Gasteiger partial charge in [0.25, 0.3) is 5.91 Å². The molecule has 3 aromatic carbocycles. The number of benzene rings is 3. The number of rotatable bonds is 7. The lowest BCUT2D eigenvalue weighted by atomic mass is 9.73. The van der Waals surface area contributed by atoms with Crippen molar-refractivity contribution in [1.29, 1.82) is 0 Å². The minimum atomic E-state index is -4.44. The molecule has 1 fully saturated rings. The Balaban J connectivity index is 1.41. The third-order valence-electron chi connectivity index (χ3n) is 6.85. The van der Waals surface area contributed by atoms with E-state index in [1.54, 1.807) is 34.6 Å². The zero-order chi connectivity index (χ0) is 28.2. The number of hydrogen-bond acceptors (Lipinski definition) is 5. The number of carbonyl (C=O) groups is 3. The molecule has 0 unspecified atom stereocenters. The number of hydroxylamine groups is 1. The van der Waals surface area contributed by atoms with E-state index >= 15 is 0 Å². The summed E-state index contributed by atoms with van der Waals surface area (Å²) in [6, 6.07) is 16.7. The fraction of sp³-hybridized carbons (Fsp3) is 0.250. The van der Waals surface area contributed by atoms with E-state index in [0.29, 0.717) is 11.3 Å². The summed E-state index contributed by atoms with van der Waals surface area (Å²) < 4.78 is 43.9. The number of ether oxygens (including phenoxy) is 1. The number of carboxylic acids is 1. The summed E-state index contributed by atoms with van der Waals surface area (Å²) in [7, 11) is 0. The van der Waals surface area contributed by atoms with E-state index in [0.717, 1.165) is 17.7 Å². The Morgan fingerprint density at radius 1 is 0.846 bits per heavy atom. The zero-order valence-corrected chi connectivity index (χ0v) is 20.6. The van der Waals surface area contributed by atoms with E-state index in [2.05, 4.69) is 0 Å². The molecule has 11 heteroatoms. The minimum Gasteiger partial charge on any atom is -0.478 e. The highest BCUT2D eigenvalue weighted by atomic mass is 19.4. The monoisotopic (exact) mass is 542 g/mol. The topological polar surface area (TPSA) is 116 Å². The van der Waals surface area contributed by atoms with E-state index in [-0.39, 0.29) is 49.6 Å². The predicted molar refractivity (Wildman–Crippen MR) is 133 cm³/mol. The molecule has 3 N–H and O–H groups in total. The third kappa shape index (κ3) is 6.37. The van der Waals surface area contributed by atoms with Gasteiger partial charge in [0, 0.05) is 18.7 Å². The van der Waals surface area contributed by atoms with Crippen LogP contribution in [0.25, 0.3) is 0 Å². The molecule has 0 aromatic heterocycles. The molecule has 0 spiro atoms. The fourth-order valence-electron chi connectivity index (χ4n) is 4.59. The number of carbonyl (C=O) groups excluding carboxylic acids is 2. The van der Waals surface area contributed by atoms with Crippen LogP contribution in [0.3, 0.4) is 0 Å². The lowest BCUT2D eigenvalue weighted by molar-refractivity contribution is -0.142. The number of carboxylic acid groups (broad SMARTS) is 1. The van der Waals surface area contributed by atoms with Crippen LogP contribution in [-0.4, -0.2) is 46.1 Å². The SMILES string of the molecule is O=C(O)c1ccc(C(=O)N2CCC(Cc3ccc(Oc4ccc(C(F)(F)F)cc4)cc3)(C(=O)NO)CC2)cc1. The summed E-state index contributed by atoms with van der Waals surface area (Å²) in [5.74, 6) is -1.30. The van der Waals surface area contributed by atoms with Crippen LogP contribution in [0.4, 0.5) is 13.2 Å². The van der Waals surface area contributed by atoms with Gasteiger partial charge in [0.1, 0.15) is 11.5 Å². The van der Waals surface area contributed by atoms with Crippen LogP contribution in [0.15, 0.2) is 72.8 Å². The Morgan fingerprint density at radius 2 is 1.36 bits per heavy atom. The molecule has 1 aliphatic rings. The van der Waals surface area contributed by atoms with E-state index in [9.17, 15) is 32.8 Å². The molecule has 3 aromatic rings. The Hall–Kier alpha value is -4.38. The predicted octanol–water partition coefficient (Wildman–Crippen LogP) is 5.17. The number of nitrogens with one attached hydrogen (secondary N) is 1. The second-order valence-electron chi connectivity index (χ2n) is 9.34. The quantitative estimate of drug-likeness (QED) is 0.280. The number of nitrogens with zero attached hydrogens (tertiary/aromatic N) is 1. The first-order valence-corrected chi connectivity index (χ1v) is 12.0. The van der Waals surface area contributed by atoms with Crippen LogP contribution in [-0.2, 0) is 17.4 Å². The van der Waals surface area contributed by atoms with Gasteiger partial charge in [-0.3, -0.25) is 14.8 Å². The van der Waals surface area contributed by atoms with Crippen LogP contribution >= 0.6 is 0 Å². The maximum atomic E-state index is 12.9. The largest absolute Gasteiger partial charge is 0.478 e. The van der Waals surface area contributed by atoms with Crippen molar-refractivity contribution in [3.63, 3.8) is 0 Å². The molecule has 0 saturated carbocycles. The van der Waals surface area contributed by atoms with Crippen molar-refractivity contribution in [2.75, 3.05) is 13.1 Å². The van der Waals surface area contributed by atoms with Gasteiger partial charge in [-0.15, -0.1) is 0 Å². The fourth-order valence-corrected chi connectivity index (χ4v) is 4.59. The summed E-state index contributed by atoms with van der Waals surface area (Å²) in [5, 5.41) is 18.5. The summed E-state index contributed by atoms with van der Waals surface area (Å²) in [6.45, 7) is 0.504. The first-order valence-electron chi connectivity index (χ1n) is 12.0. The van der Waals surface area contributed by atoms with Gasteiger partial charge < -0.3 is 14.7 Å². The molecule has 1 aliphatic heterocycles. The maximum absolute atomic E-state index is 12.9. The number of halogens is 3. The minimum absolute atomic E-state index is 0.0691. The Morgan fingerprint density at radius 3 is 1.85 bits per heavy atom. The van der Waals surface area contributed by atoms with Crippen molar-refractivity contribution in [1.82, 2.24) is 10.4 Å². The Kier molecular flexibility index (Phi) is 7.91. The molecular weight excluding hydrogens is 517 g/mol. The van der Waals surface area contributed by atoms with Gasteiger partial charge in [-0.05, 0) is 85.5 Å². The molecule has 1 heterocycles. The van der Waals surface area contributed by atoms with Gasteiger partial charge in [-0.2, -0.15) is 13.2 Å². The van der Waals surface area contributed by atoms with Gasteiger partial charge in [0.15, 0.2) is 0 Å². The molecule has 0 bridgehead atoms. The first-order chi connectivity index (χ1) is 18.5. The maximum Gasteiger partial charge on any atom is 0.416 e. The van der Waals surface area contributed by atoms with E-state index < -0.39 is 29.0 Å². The average molecular weight is 543 g/mol. The molecule has 0 atom stereocenters. The Labute approximate surface area is 221 Å². The summed E-state index contributed by atoms with van der Waals surface area (Å²) in [5.41, 5.74) is 1.16. The zero-order valence-electron chi connectivity index (χ0n) is 20.6. The van der Waals surface area contributed by atoms with E-state index in [4.69, 9.17) is 9.84 Å². The highest BCUT2D eigenvalue weighted by Crippen LogP contribution is 2.37. The first kappa shape index (κ1) is 27.6. The van der Waals surface area contributed by atoms with Gasteiger partial charge >= 0.3 is 12.1 Å². The lowest BCUT2D eigenvalue weighted by Gasteiger charge is -2.40. The Bertz CT molecular complexity index is 1330. The van der Waals surface area contributed by atoms with Crippen molar-refractivity contribution in [2.24, 2.45) is 5.41 Å². The summed E-state index contributed by atoms with van der Waals surface area (Å²) in [4.78, 5) is 38.3. The highest BCUT2D eigenvalue weighted by molar-refractivity contribution is 5.96. The van der Waals surface area contributed by atoms with E-state index in [1.165, 1.54) is 36.4 Å². The highest BCUT2D eigenvalue weighted by Gasteiger charge is 2.42. The number of piperidine rings is 1. The van der Waals surface area contributed by atoms with Gasteiger partial charge in [0.05, 0.1) is 16.5 Å². The van der Waals surface area contributed by atoms with Crippen molar-refractivity contribution in [3.05, 3.63) is 95.1 Å². The molecular formula is C28H25F3N2O6. The molecule has 0 aliphatic carbocycles. The molecule has 204 valence electrons. The second kappa shape index (κ2) is 11.2. The standard InChI is InChI=1S/C28H25F3N2O6/c29-28(30,31)21-7-11-23(12-8-21)39-22-9-1-18(2-10-22)17-27(26(37)32-38)13-15-33(16-14-27)24(34)19-3-5-20(6-4-19)25(35)36/h1-12,38H,13-17H2,(H,32,37)(H,35,36). The molecule has 4 rings (SSSR count). The molecule has 1 saturated heterocycles. The van der Waals surface area contributed by atoms with Crippen molar-refractivity contribution >= 4 is 17.8 Å². The third-order valence-corrected chi connectivity index (χ3v) is 6.85. The number of likely N-dealkylation sites (tertiary alicyclic amines) is 1. The average Bonchev–Trinajstić information content (AvgIpc) is 2.93. The molecule has 0 radical (unpaired) electrons. The smallest absolute Gasteiger partial charge is 0.416 e. The van der Waals surface area contributed by atoms with Crippen LogP contribution in [0, 0.1) is 5.41 Å². The lowest BCUT2D eigenvalue weighted by Crippen LogP contribution is -2.50. The summed E-state index contributed by atoms with van der Waals surface area (Å²) in [6.07, 6.45) is -3.60. The molecule has 39 heavy (non-hydrogen) atoms. The number of aromatic carboxylic acids is 1. The van der Waals surface area contributed by atoms with Crippen molar-refractivity contribution in [3.8, 4) is 11.5 Å². The van der Waals surface area contributed by atoms with Crippen molar-refractivity contribution in [2.45, 2.75) is 25.4 Å². The van der Waals surface area contributed by atoms with Gasteiger partial charge in [-0.25, -0.2) is 10.3 Å². The molecule has 2 amide bonds. The normalized spacial score (nSPS) is 14.9. The van der Waals surface area contributed by atoms with Crippen LogP contribution in [0.5, 0.6) is 11.5 Å². The van der Waals surface area contributed by atoms with Gasteiger partial charge in [0.2, 0.25) is 5.91 Å². The van der Waals surface area contributed by atoms with E-state index in [1.807, 2.05) is 0 Å². The van der Waals surface area contributed by atoms with Crippen molar-refractivity contribution < 1.29 is 42.6 Å². The number of amides is 2. The van der Waals surface area contributed by atoms with Crippen LogP contribution in [0.2, 0.25) is 0 Å². The van der Waals surface area contributed by atoms with Crippen LogP contribution in [0.1, 0.15) is 44.7 Å². The number of alkyl halides is 3. The second-order valence-corrected chi connectivity index (χ2v) is 9.34. The summed E-state index contributed by atoms with van der Waals surface area (Å²) >= 11 is 0. The van der Waals surface area contributed by atoms with Gasteiger partial charge in [-0.1, -0.05) is 12.1 Å². The number of hydrogen-bond donors (Lipinski definition) is 3.